The van der Waals surface area contributed by atoms with Crippen molar-refractivity contribution in [2.75, 3.05) is 6.61 Å². The highest BCUT2D eigenvalue weighted by Gasteiger charge is 2.52. The third-order valence-corrected chi connectivity index (χ3v) is 6.92. The summed E-state index contributed by atoms with van der Waals surface area (Å²) in [5.74, 6) is -0.925. The van der Waals surface area contributed by atoms with Crippen LogP contribution in [-0.2, 0) is 35.1 Å². The number of hydrogen-bond acceptors (Lipinski definition) is 8. The molecule has 0 bridgehead atoms. The normalized spacial score (nSPS) is 24.4. The Bertz CT molecular complexity index is 1010. The van der Waals surface area contributed by atoms with E-state index in [0.717, 1.165) is 10.5 Å². The van der Waals surface area contributed by atoms with Gasteiger partial charge in [0.15, 0.2) is 12.2 Å². The predicted octanol–water partition coefficient (Wildman–Crippen LogP) is 5.00. The molecular weight excluding hydrogens is 492 g/mol. The summed E-state index contributed by atoms with van der Waals surface area (Å²) >= 11 is 1.34. The first-order valence-electron chi connectivity index (χ1n) is 12.5. The number of rotatable bonds is 8. The lowest BCUT2D eigenvalue weighted by atomic mass is 9.94. The average Bonchev–Trinajstić information content (AvgIpc) is 2.84. The minimum Gasteiger partial charge on any atom is -0.455 e. The Labute approximate surface area is 223 Å². The van der Waals surface area contributed by atoms with Gasteiger partial charge in [-0.05, 0) is 59.2 Å². The van der Waals surface area contributed by atoms with Crippen molar-refractivity contribution < 1.29 is 33.6 Å². The summed E-state index contributed by atoms with van der Waals surface area (Å²) in [4.78, 5) is 27.1. The number of aliphatic hydroxyl groups excluding tert-OH is 1. The zero-order valence-corrected chi connectivity index (χ0v) is 23.2. The number of esters is 2. The third-order valence-electron chi connectivity index (χ3n) is 5.76. The fourth-order valence-corrected chi connectivity index (χ4v) is 4.71. The van der Waals surface area contributed by atoms with Crippen molar-refractivity contribution in [1.29, 1.82) is 0 Å². The van der Waals surface area contributed by atoms with E-state index in [2.05, 4.69) is 0 Å². The molecule has 1 N–H and O–H groups in total. The van der Waals surface area contributed by atoms with Gasteiger partial charge in [0.05, 0.1) is 24.0 Å². The van der Waals surface area contributed by atoms with E-state index in [-0.39, 0.29) is 13.2 Å². The molecule has 1 heterocycles. The highest BCUT2D eigenvalue weighted by molar-refractivity contribution is 7.99. The minimum absolute atomic E-state index is 0.200. The van der Waals surface area contributed by atoms with Gasteiger partial charge in [-0.15, -0.1) is 0 Å². The molecule has 0 spiro atoms. The van der Waals surface area contributed by atoms with Gasteiger partial charge >= 0.3 is 11.9 Å². The molecule has 1 saturated heterocycles. The van der Waals surface area contributed by atoms with Crippen LogP contribution in [0.1, 0.15) is 47.1 Å². The molecule has 0 radical (unpaired) electrons. The van der Waals surface area contributed by atoms with E-state index < -0.39 is 52.6 Å². The number of ether oxygens (including phenoxy) is 4. The predicted molar refractivity (Wildman–Crippen MR) is 142 cm³/mol. The van der Waals surface area contributed by atoms with Crippen LogP contribution in [-0.4, -0.2) is 53.5 Å². The minimum atomic E-state index is -1.01. The molecule has 0 amide bonds. The summed E-state index contributed by atoms with van der Waals surface area (Å²) in [5, 5.41) is 10.3. The maximum absolute atomic E-state index is 13.1. The molecule has 1 aliphatic heterocycles. The van der Waals surface area contributed by atoms with Gasteiger partial charge in [0.25, 0.3) is 0 Å². The van der Waals surface area contributed by atoms with Crippen molar-refractivity contribution in [3.8, 4) is 0 Å². The third kappa shape index (κ3) is 8.04. The number of aliphatic hydroxyl groups is 1. The molecule has 3 rings (SSSR count). The number of thioether (sulfide) groups is 1. The van der Waals surface area contributed by atoms with Crippen LogP contribution < -0.4 is 0 Å². The largest absolute Gasteiger partial charge is 0.455 e. The van der Waals surface area contributed by atoms with E-state index in [1.807, 2.05) is 60.7 Å². The summed E-state index contributed by atoms with van der Waals surface area (Å²) in [7, 11) is 0. The van der Waals surface area contributed by atoms with Crippen LogP contribution in [0.15, 0.2) is 65.6 Å². The Morgan fingerprint density at radius 3 is 1.84 bits per heavy atom. The average molecular weight is 531 g/mol. The quantitative estimate of drug-likeness (QED) is 0.477. The SMILES string of the molecule is CC(C)(C)C(=O)O[C@@H]1[C@H](OC(=O)C(C)(C)C)[C@@H](Sc2ccccc2)O[C@H](CO)[C@H]1OCc1ccccc1. The molecule has 2 aromatic carbocycles. The highest BCUT2D eigenvalue weighted by atomic mass is 32.2. The van der Waals surface area contributed by atoms with Crippen LogP contribution in [0.2, 0.25) is 0 Å². The molecule has 202 valence electrons. The van der Waals surface area contributed by atoms with E-state index >= 15 is 0 Å². The van der Waals surface area contributed by atoms with Crippen LogP contribution >= 0.6 is 11.8 Å². The summed E-state index contributed by atoms with van der Waals surface area (Å²) in [5.41, 5.74) is -1.45. The summed E-state index contributed by atoms with van der Waals surface area (Å²) in [6, 6.07) is 19.1. The van der Waals surface area contributed by atoms with Crippen molar-refractivity contribution in [2.45, 2.75) is 82.9 Å². The Hall–Kier alpha value is -2.39. The monoisotopic (exact) mass is 530 g/mol. The molecule has 7 nitrogen and oxygen atoms in total. The van der Waals surface area contributed by atoms with E-state index in [0.29, 0.717) is 0 Å². The summed E-state index contributed by atoms with van der Waals surface area (Å²) < 4.78 is 24.6. The standard InChI is InChI=1S/C29H38O7S/c1-28(2,3)26(31)35-23-22(33-18-19-13-9-7-10-14-19)21(17-30)34-25(37-20-15-11-8-12-16-20)24(23)36-27(32)29(4,5)6/h7-16,21-25,30H,17-18H2,1-6H3/t21-,22-,23+,24+,25-/m1/s1. The fourth-order valence-electron chi connectivity index (χ4n) is 3.58. The second-order valence-electron chi connectivity index (χ2n) is 11.2. The molecule has 2 aromatic rings. The fraction of sp³-hybridized carbons (Fsp3) is 0.517. The molecule has 0 aliphatic carbocycles. The van der Waals surface area contributed by atoms with Crippen molar-refractivity contribution in [3.05, 3.63) is 66.2 Å². The van der Waals surface area contributed by atoms with Gasteiger partial charge in [0, 0.05) is 4.90 Å². The van der Waals surface area contributed by atoms with Gasteiger partial charge in [0.2, 0.25) is 0 Å². The molecule has 0 aromatic heterocycles. The van der Waals surface area contributed by atoms with E-state index in [9.17, 15) is 14.7 Å². The molecule has 37 heavy (non-hydrogen) atoms. The van der Waals surface area contributed by atoms with E-state index in [1.165, 1.54) is 11.8 Å². The van der Waals surface area contributed by atoms with Crippen molar-refractivity contribution in [2.24, 2.45) is 10.8 Å². The van der Waals surface area contributed by atoms with Gasteiger partial charge in [-0.25, -0.2) is 0 Å². The van der Waals surface area contributed by atoms with Crippen molar-refractivity contribution in [1.82, 2.24) is 0 Å². The van der Waals surface area contributed by atoms with Gasteiger partial charge < -0.3 is 24.1 Å². The topological polar surface area (TPSA) is 91.3 Å². The van der Waals surface area contributed by atoms with Crippen LogP contribution in [0, 0.1) is 10.8 Å². The number of carbonyl (C=O) groups excluding carboxylic acids is 2. The Kier molecular flexibility index (Phi) is 9.80. The Morgan fingerprint density at radius 1 is 0.811 bits per heavy atom. The van der Waals surface area contributed by atoms with Gasteiger partial charge in [-0.2, -0.15) is 0 Å². The number of hydrogen-bond donors (Lipinski definition) is 1. The zero-order chi connectivity index (χ0) is 27.2. The smallest absolute Gasteiger partial charge is 0.311 e. The van der Waals surface area contributed by atoms with Crippen LogP contribution in [0.25, 0.3) is 0 Å². The first-order valence-corrected chi connectivity index (χ1v) is 13.3. The highest BCUT2D eigenvalue weighted by Crippen LogP contribution is 2.39. The van der Waals surface area contributed by atoms with Gasteiger partial charge in [-0.1, -0.05) is 60.3 Å². The Balaban J connectivity index is 2.00. The second-order valence-corrected chi connectivity index (χ2v) is 12.3. The van der Waals surface area contributed by atoms with Gasteiger partial charge in [0.1, 0.15) is 17.6 Å². The maximum Gasteiger partial charge on any atom is 0.311 e. The molecule has 5 atom stereocenters. The molecule has 1 fully saturated rings. The Morgan fingerprint density at radius 2 is 1.32 bits per heavy atom. The molecular formula is C29H38O7S. The lowest BCUT2D eigenvalue weighted by Crippen LogP contribution is -2.61. The maximum atomic E-state index is 13.1. The zero-order valence-electron chi connectivity index (χ0n) is 22.4. The second kappa shape index (κ2) is 12.4. The van der Waals surface area contributed by atoms with E-state index in [4.69, 9.17) is 18.9 Å². The molecule has 0 saturated carbocycles. The first kappa shape index (κ1) is 29.2. The van der Waals surface area contributed by atoms with E-state index in [1.54, 1.807) is 41.5 Å². The number of carbonyl (C=O) groups is 2. The lowest BCUT2D eigenvalue weighted by Gasteiger charge is -2.45. The molecule has 1 aliphatic rings. The van der Waals surface area contributed by atoms with Crippen LogP contribution in [0.4, 0.5) is 0 Å². The lowest BCUT2D eigenvalue weighted by molar-refractivity contribution is -0.246. The van der Waals surface area contributed by atoms with Crippen LogP contribution in [0.5, 0.6) is 0 Å². The molecule has 8 heteroatoms. The summed E-state index contributed by atoms with van der Waals surface area (Å²) in [6.45, 7) is 10.4. The summed E-state index contributed by atoms with van der Waals surface area (Å²) in [6.07, 6.45) is -3.67. The first-order chi connectivity index (χ1) is 17.4. The van der Waals surface area contributed by atoms with Gasteiger partial charge in [-0.3, -0.25) is 9.59 Å². The van der Waals surface area contributed by atoms with Crippen LogP contribution in [0.3, 0.4) is 0 Å². The van der Waals surface area contributed by atoms with Crippen molar-refractivity contribution >= 4 is 23.7 Å². The number of benzene rings is 2. The molecule has 0 unspecified atom stereocenters. The van der Waals surface area contributed by atoms with Crippen molar-refractivity contribution in [3.63, 3.8) is 0 Å².